The maximum absolute atomic E-state index is 13.9. The molecule has 0 saturated heterocycles. The first kappa shape index (κ1) is 22.5. The van der Waals surface area contributed by atoms with Gasteiger partial charge >= 0.3 is 0 Å². The Bertz CT molecular complexity index is 1350. The smallest absolute Gasteiger partial charge is 0.241 e. The summed E-state index contributed by atoms with van der Waals surface area (Å²) in [7, 11) is -3.78. The van der Waals surface area contributed by atoms with Crippen LogP contribution in [0.25, 0.3) is 11.3 Å². The summed E-state index contributed by atoms with van der Waals surface area (Å²) in [4.78, 5) is 12.4. The Morgan fingerprint density at radius 2 is 1.79 bits per heavy atom. The van der Waals surface area contributed by atoms with E-state index >= 15 is 0 Å². The Morgan fingerprint density at radius 3 is 2.58 bits per heavy atom. The van der Waals surface area contributed by atoms with Crippen LogP contribution in [-0.4, -0.2) is 14.3 Å². The van der Waals surface area contributed by atoms with Crippen molar-refractivity contribution in [3.05, 3.63) is 96.4 Å². The van der Waals surface area contributed by atoms with E-state index in [9.17, 15) is 17.6 Å². The Kier molecular flexibility index (Phi) is 6.71. The molecule has 0 unspecified atom stereocenters. The van der Waals surface area contributed by atoms with Gasteiger partial charge in [-0.15, -0.1) is 0 Å². The van der Waals surface area contributed by atoms with E-state index in [1.54, 1.807) is 54.6 Å². The lowest BCUT2D eigenvalue weighted by molar-refractivity contribution is -0.116. The molecule has 170 valence electrons. The van der Waals surface area contributed by atoms with Crippen LogP contribution in [0, 0.1) is 5.82 Å². The minimum Gasteiger partial charge on any atom is -0.468 e. The third kappa shape index (κ3) is 5.76. The number of amides is 1. The van der Waals surface area contributed by atoms with Crippen LogP contribution in [0.1, 0.15) is 17.9 Å². The number of anilines is 1. The van der Waals surface area contributed by atoms with E-state index in [0.29, 0.717) is 35.0 Å². The van der Waals surface area contributed by atoms with Crippen molar-refractivity contribution in [3.63, 3.8) is 0 Å². The van der Waals surface area contributed by atoms with Crippen LogP contribution in [0.15, 0.2) is 92.8 Å². The summed E-state index contributed by atoms with van der Waals surface area (Å²) >= 11 is 0. The second-order valence-electron chi connectivity index (χ2n) is 7.23. The number of hydrogen-bond acceptors (Lipinski definition) is 5. The number of hydrogen-bond donors (Lipinski definition) is 2. The molecule has 0 aliphatic carbocycles. The van der Waals surface area contributed by atoms with Crippen molar-refractivity contribution in [1.29, 1.82) is 0 Å². The first-order chi connectivity index (χ1) is 15.9. The predicted octanol–water partition coefficient (Wildman–Crippen LogP) is 4.73. The van der Waals surface area contributed by atoms with Gasteiger partial charge in [-0.2, -0.15) is 0 Å². The number of benzene rings is 2. The molecule has 4 aromatic rings. The summed E-state index contributed by atoms with van der Waals surface area (Å²) in [6.07, 6.45) is 1.88. The van der Waals surface area contributed by atoms with Gasteiger partial charge in [0.15, 0.2) is 0 Å². The van der Waals surface area contributed by atoms with Crippen LogP contribution < -0.4 is 10.0 Å². The molecule has 7 nitrogen and oxygen atoms in total. The Morgan fingerprint density at radius 1 is 0.939 bits per heavy atom. The molecule has 2 aromatic carbocycles. The zero-order valence-electron chi connectivity index (χ0n) is 17.5. The number of rotatable bonds is 9. The maximum Gasteiger partial charge on any atom is 0.241 e. The fourth-order valence-electron chi connectivity index (χ4n) is 3.18. The van der Waals surface area contributed by atoms with E-state index in [4.69, 9.17) is 8.83 Å². The molecule has 0 saturated carbocycles. The highest BCUT2D eigenvalue weighted by Crippen LogP contribution is 2.25. The highest BCUT2D eigenvalue weighted by Gasteiger charge is 2.16. The van der Waals surface area contributed by atoms with Crippen molar-refractivity contribution in [2.24, 2.45) is 0 Å². The van der Waals surface area contributed by atoms with E-state index < -0.39 is 10.0 Å². The van der Waals surface area contributed by atoms with Crippen molar-refractivity contribution in [2.45, 2.75) is 24.3 Å². The normalized spacial score (nSPS) is 11.4. The highest BCUT2D eigenvalue weighted by atomic mass is 32.2. The van der Waals surface area contributed by atoms with Crippen LogP contribution in [0.4, 0.5) is 10.1 Å². The standard InChI is InChI=1S/C24H21FN2O5S/c25-22-9-2-1-8-21(22)23-12-10-18(32-23)11-13-24(28)27-17-5-3-7-20(15-17)33(29,30)26-16-19-6-4-14-31-19/h1-10,12,14-15,26H,11,13,16H2,(H,27,28). The molecular weight excluding hydrogens is 447 g/mol. The molecule has 0 atom stereocenters. The van der Waals surface area contributed by atoms with Gasteiger partial charge in [0.2, 0.25) is 15.9 Å². The monoisotopic (exact) mass is 468 g/mol. The van der Waals surface area contributed by atoms with Crippen LogP contribution in [0.3, 0.4) is 0 Å². The Hall–Kier alpha value is -3.69. The molecule has 2 N–H and O–H groups in total. The van der Waals surface area contributed by atoms with E-state index in [1.807, 2.05) is 0 Å². The third-order valence-electron chi connectivity index (χ3n) is 4.84. The lowest BCUT2D eigenvalue weighted by atomic mass is 10.1. The van der Waals surface area contributed by atoms with Gasteiger partial charge in [0.05, 0.1) is 23.3 Å². The third-order valence-corrected chi connectivity index (χ3v) is 6.24. The average molecular weight is 469 g/mol. The quantitative estimate of drug-likeness (QED) is 0.370. The molecule has 0 bridgehead atoms. The summed E-state index contributed by atoms with van der Waals surface area (Å²) in [6, 6.07) is 19.0. The topological polar surface area (TPSA) is 102 Å². The summed E-state index contributed by atoms with van der Waals surface area (Å²) in [5, 5.41) is 2.69. The fourth-order valence-corrected chi connectivity index (χ4v) is 4.22. The second kappa shape index (κ2) is 9.85. The lowest BCUT2D eigenvalue weighted by Crippen LogP contribution is -2.23. The van der Waals surface area contributed by atoms with Gasteiger partial charge in [-0.05, 0) is 54.6 Å². The van der Waals surface area contributed by atoms with Gasteiger partial charge in [0.25, 0.3) is 0 Å². The number of carbonyl (C=O) groups is 1. The average Bonchev–Trinajstić information content (AvgIpc) is 3.49. The van der Waals surface area contributed by atoms with Crippen molar-refractivity contribution in [1.82, 2.24) is 4.72 Å². The van der Waals surface area contributed by atoms with Gasteiger partial charge in [-0.25, -0.2) is 17.5 Å². The molecule has 0 aliphatic rings. The fraction of sp³-hybridized carbons (Fsp3) is 0.125. The van der Waals surface area contributed by atoms with Gasteiger partial charge in [-0.3, -0.25) is 4.79 Å². The molecule has 0 aliphatic heterocycles. The number of sulfonamides is 1. The maximum atomic E-state index is 13.9. The van der Waals surface area contributed by atoms with Crippen LogP contribution in [0.2, 0.25) is 0 Å². The number of furan rings is 2. The predicted molar refractivity (Wildman–Crippen MR) is 120 cm³/mol. The minimum atomic E-state index is -3.78. The van der Waals surface area contributed by atoms with Crippen molar-refractivity contribution < 1.29 is 26.4 Å². The van der Waals surface area contributed by atoms with Crippen molar-refractivity contribution >= 4 is 21.6 Å². The molecule has 2 heterocycles. The molecule has 9 heteroatoms. The first-order valence-corrected chi connectivity index (χ1v) is 11.6. The number of carbonyl (C=O) groups excluding carboxylic acids is 1. The SMILES string of the molecule is O=C(CCc1ccc(-c2ccccc2F)o1)Nc1cccc(S(=O)(=O)NCc2ccco2)c1. The van der Waals surface area contributed by atoms with Crippen molar-refractivity contribution in [3.8, 4) is 11.3 Å². The van der Waals surface area contributed by atoms with Gasteiger partial charge in [-0.1, -0.05) is 18.2 Å². The van der Waals surface area contributed by atoms with Crippen LogP contribution >= 0.6 is 0 Å². The Labute approximate surface area is 190 Å². The Balaban J connectivity index is 1.34. The lowest BCUT2D eigenvalue weighted by Gasteiger charge is -2.09. The van der Waals surface area contributed by atoms with Crippen LogP contribution in [-0.2, 0) is 27.8 Å². The van der Waals surface area contributed by atoms with Gasteiger partial charge < -0.3 is 14.2 Å². The highest BCUT2D eigenvalue weighted by molar-refractivity contribution is 7.89. The molecule has 2 aromatic heterocycles. The molecule has 0 spiro atoms. The summed E-state index contributed by atoms with van der Waals surface area (Å²) in [5.74, 6) is 0.728. The van der Waals surface area contributed by atoms with Crippen molar-refractivity contribution in [2.75, 3.05) is 5.32 Å². The van der Waals surface area contributed by atoms with Gasteiger partial charge in [0, 0.05) is 18.5 Å². The first-order valence-electron chi connectivity index (χ1n) is 10.2. The zero-order valence-corrected chi connectivity index (χ0v) is 18.3. The van der Waals surface area contributed by atoms with E-state index in [-0.39, 0.29) is 29.6 Å². The molecule has 4 rings (SSSR count). The number of nitrogens with one attached hydrogen (secondary N) is 2. The molecule has 0 radical (unpaired) electrons. The molecular formula is C24H21FN2O5S. The molecule has 1 amide bonds. The number of halogens is 1. The summed E-state index contributed by atoms with van der Waals surface area (Å²) in [5.41, 5.74) is 0.708. The largest absolute Gasteiger partial charge is 0.468 e. The van der Waals surface area contributed by atoms with Gasteiger partial charge in [0.1, 0.15) is 23.1 Å². The second-order valence-corrected chi connectivity index (χ2v) is 8.99. The van der Waals surface area contributed by atoms with E-state index in [1.165, 1.54) is 24.5 Å². The molecule has 0 fully saturated rings. The molecule has 33 heavy (non-hydrogen) atoms. The number of aryl methyl sites for hydroxylation is 1. The van der Waals surface area contributed by atoms with E-state index in [0.717, 1.165) is 0 Å². The summed E-state index contributed by atoms with van der Waals surface area (Å²) < 4.78 is 52.2. The summed E-state index contributed by atoms with van der Waals surface area (Å²) in [6.45, 7) is 0.0178. The van der Waals surface area contributed by atoms with E-state index in [2.05, 4.69) is 10.0 Å². The minimum absolute atomic E-state index is 0.0178. The van der Waals surface area contributed by atoms with Crippen LogP contribution in [0.5, 0.6) is 0 Å². The zero-order chi connectivity index (χ0) is 23.3.